The highest BCUT2D eigenvalue weighted by atomic mass is 16.6. The summed E-state index contributed by atoms with van der Waals surface area (Å²) in [5, 5.41) is 14.7. The van der Waals surface area contributed by atoms with Crippen molar-refractivity contribution in [2.45, 2.75) is 19.6 Å². The molecule has 0 bridgehead atoms. The summed E-state index contributed by atoms with van der Waals surface area (Å²) in [6.45, 7) is 2.16. The zero-order valence-electron chi connectivity index (χ0n) is 10.8. The number of hydrogen-bond donors (Lipinski definition) is 0. The maximum Gasteiger partial charge on any atom is 0.338 e. The Morgan fingerprint density at radius 3 is 2.95 bits per heavy atom. The fourth-order valence-corrected chi connectivity index (χ4v) is 1.71. The Labute approximate surface area is 114 Å². The summed E-state index contributed by atoms with van der Waals surface area (Å²) in [6, 6.07) is 7.23. The minimum absolute atomic E-state index is 0.140. The van der Waals surface area contributed by atoms with Crippen molar-refractivity contribution in [1.82, 2.24) is 9.78 Å². The number of benzene rings is 1. The molecule has 1 atom stereocenters. The molecule has 0 aliphatic carbocycles. The lowest BCUT2D eigenvalue weighted by atomic mass is 10.2. The highest BCUT2D eigenvalue weighted by Gasteiger charge is 2.15. The molecule has 0 radical (unpaired) electrons. The topological polar surface area (TPSA) is 87.3 Å². The summed E-state index contributed by atoms with van der Waals surface area (Å²) in [7, 11) is 0. The third kappa shape index (κ3) is 3.41. The van der Waals surface area contributed by atoms with Gasteiger partial charge in [0, 0.05) is 24.5 Å². The summed E-state index contributed by atoms with van der Waals surface area (Å²) in [5.74, 6) is -0.589. The second-order valence-corrected chi connectivity index (χ2v) is 4.25. The Bertz CT molecular complexity index is 610. The molecule has 7 nitrogen and oxygen atoms in total. The normalized spacial score (nSPS) is 11.8. The number of non-ortho nitro benzene ring substituents is 1. The van der Waals surface area contributed by atoms with E-state index >= 15 is 0 Å². The van der Waals surface area contributed by atoms with E-state index < -0.39 is 10.9 Å². The highest BCUT2D eigenvalue weighted by Crippen LogP contribution is 2.14. The molecule has 7 heteroatoms. The number of nitro groups is 1. The highest BCUT2D eigenvalue weighted by molar-refractivity contribution is 5.90. The molecule has 0 spiro atoms. The minimum atomic E-state index is -0.589. The first-order valence-corrected chi connectivity index (χ1v) is 5.99. The van der Waals surface area contributed by atoms with Crippen LogP contribution in [-0.2, 0) is 11.3 Å². The quantitative estimate of drug-likeness (QED) is 0.473. The molecule has 0 N–H and O–H groups in total. The molecule has 0 aliphatic rings. The Balaban J connectivity index is 2.00. The van der Waals surface area contributed by atoms with Gasteiger partial charge in [0.15, 0.2) is 0 Å². The van der Waals surface area contributed by atoms with E-state index in [4.69, 9.17) is 4.74 Å². The number of ether oxygens (including phenoxy) is 1. The second-order valence-electron chi connectivity index (χ2n) is 4.25. The van der Waals surface area contributed by atoms with Gasteiger partial charge >= 0.3 is 5.97 Å². The first-order valence-electron chi connectivity index (χ1n) is 5.99. The maximum absolute atomic E-state index is 11.9. The van der Waals surface area contributed by atoms with E-state index in [1.54, 1.807) is 30.1 Å². The summed E-state index contributed by atoms with van der Waals surface area (Å²) in [5.41, 5.74) is 0.0192. The Hall–Kier alpha value is -2.70. The molecule has 0 saturated carbocycles. The molecular formula is C13H13N3O4. The van der Waals surface area contributed by atoms with Gasteiger partial charge in [-0.15, -0.1) is 0 Å². The molecule has 20 heavy (non-hydrogen) atoms. The van der Waals surface area contributed by atoms with Crippen LogP contribution in [0.5, 0.6) is 0 Å². The Morgan fingerprint density at radius 1 is 1.50 bits per heavy atom. The first kappa shape index (κ1) is 13.7. The van der Waals surface area contributed by atoms with Gasteiger partial charge < -0.3 is 4.74 Å². The lowest BCUT2D eigenvalue weighted by Crippen LogP contribution is -2.21. The number of nitrogens with zero attached hydrogens (tertiary/aromatic N) is 3. The van der Waals surface area contributed by atoms with Crippen LogP contribution in [0.4, 0.5) is 5.69 Å². The average Bonchev–Trinajstić information content (AvgIpc) is 2.91. The first-order chi connectivity index (χ1) is 9.56. The van der Waals surface area contributed by atoms with Gasteiger partial charge in [-0.3, -0.25) is 14.8 Å². The van der Waals surface area contributed by atoms with Crippen LogP contribution in [0.15, 0.2) is 42.7 Å². The molecule has 0 fully saturated rings. The zero-order valence-corrected chi connectivity index (χ0v) is 10.8. The van der Waals surface area contributed by atoms with E-state index in [0.717, 1.165) is 0 Å². The van der Waals surface area contributed by atoms with Gasteiger partial charge in [0.1, 0.15) is 6.10 Å². The summed E-state index contributed by atoms with van der Waals surface area (Å²) in [4.78, 5) is 22.0. The van der Waals surface area contributed by atoms with Crippen molar-refractivity contribution in [2.75, 3.05) is 0 Å². The van der Waals surface area contributed by atoms with Crippen molar-refractivity contribution in [1.29, 1.82) is 0 Å². The molecule has 1 aromatic heterocycles. The van der Waals surface area contributed by atoms with Gasteiger partial charge in [-0.1, -0.05) is 6.07 Å². The lowest BCUT2D eigenvalue weighted by molar-refractivity contribution is -0.384. The number of esters is 1. The predicted molar refractivity (Wildman–Crippen MR) is 70.2 cm³/mol. The van der Waals surface area contributed by atoms with Crippen LogP contribution in [0.1, 0.15) is 17.3 Å². The van der Waals surface area contributed by atoms with Crippen molar-refractivity contribution in [2.24, 2.45) is 0 Å². The van der Waals surface area contributed by atoms with Crippen LogP contribution in [-0.4, -0.2) is 26.8 Å². The number of aromatic nitrogens is 2. The summed E-state index contributed by atoms with van der Waals surface area (Å²) in [6.07, 6.45) is 3.01. The van der Waals surface area contributed by atoms with Crippen molar-refractivity contribution in [3.05, 3.63) is 58.4 Å². The van der Waals surface area contributed by atoms with E-state index in [0.29, 0.717) is 6.54 Å². The Morgan fingerprint density at radius 2 is 2.30 bits per heavy atom. The van der Waals surface area contributed by atoms with Gasteiger partial charge in [0.2, 0.25) is 0 Å². The van der Waals surface area contributed by atoms with Crippen molar-refractivity contribution < 1.29 is 14.5 Å². The van der Waals surface area contributed by atoms with Gasteiger partial charge in [0.05, 0.1) is 17.0 Å². The number of rotatable bonds is 5. The van der Waals surface area contributed by atoms with E-state index in [1.807, 2.05) is 0 Å². The van der Waals surface area contributed by atoms with E-state index in [1.165, 1.54) is 24.3 Å². The fraction of sp³-hybridized carbons (Fsp3) is 0.231. The van der Waals surface area contributed by atoms with Crippen LogP contribution in [0, 0.1) is 10.1 Å². The second kappa shape index (κ2) is 5.96. The van der Waals surface area contributed by atoms with Crippen molar-refractivity contribution in [3.63, 3.8) is 0 Å². The van der Waals surface area contributed by atoms with Gasteiger partial charge in [0.25, 0.3) is 5.69 Å². The molecule has 104 valence electrons. The molecular weight excluding hydrogens is 262 g/mol. The molecule has 0 aliphatic heterocycles. The van der Waals surface area contributed by atoms with E-state index in [2.05, 4.69) is 5.10 Å². The number of carbonyl (C=O) groups excluding carboxylic acids is 1. The van der Waals surface area contributed by atoms with Crippen LogP contribution in [0.2, 0.25) is 0 Å². The Kier molecular flexibility index (Phi) is 4.09. The molecule has 0 unspecified atom stereocenters. The van der Waals surface area contributed by atoms with Crippen LogP contribution >= 0.6 is 0 Å². The van der Waals surface area contributed by atoms with Gasteiger partial charge in [-0.2, -0.15) is 5.10 Å². The molecule has 1 aromatic carbocycles. The van der Waals surface area contributed by atoms with E-state index in [-0.39, 0.29) is 17.4 Å². The average molecular weight is 275 g/mol. The van der Waals surface area contributed by atoms with Crippen molar-refractivity contribution in [3.8, 4) is 0 Å². The van der Waals surface area contributed by atoms with Crippen molar-refractivity contribution >= 4 is 11.7 Å². The zero-order chi connectivity index (χ0) is 14.5. The standard InChI is InChI=1S/C13H13N3O4/c1-10(9-15-7-3-6-14-15)20-13(17)11-4-2-5-12(8-11)16(18)19/h2-8,10H,9H2,1H3/t10-/m1/s1. The molecule has 2 aromatic rings. The number of hydrogen-bond acceptors (Lipinski definition) is 5. The van der Waals surface area contributed by atoms with Gasteiger partial charge in [-0.05, 0) is 19.1 Å². The predicted octanol–water partition coefficient (Wildman–Crippen LogP) is 2.04. The summed E-state index contributed by atoms with van der Waals surface area (Å²) < 4.78 is 6.87. The van der Waals surface area contributed by atoms with Gasteiger partial charge in [-0.25, -0.2) is 4.79 Å². The third-order valence-electron chi connectivity index (χ3n) is 2.60. The number of nitro benzene ring substituents is 1. The molecule has 2 rings (SSSR count). The SMILES string of the molecule is C[C@H](Cn1cccn1)OC(=O)c1cccc([N+](=O)[O-])c1. The molecule has 0 amide bonds. The monoisotopic (exact) mass is 275 g/mol. The van der Waals surface area contributed by atoms with Crippen LogP contribution in [0.25, 0.3) is 0 Å². The molecule has 1 heterocycles. The third-order valence-corrected chi connectivity index (χ3v) is 2.60. The maximum atomic E-state index is 11.9. The smallest absolute Gasteiger partial charge is 0.338 e. The van der Waals surface area contributed by atoms with E-state index in [9.17, 15) is 14.9 Å². The lowest BCUT2D eigenvalue weighted by Gasteiger charge is -2.13. The molecule has 0 saturated heterocycles. The largest absolute Gasteiger partial charge is 0.457 e. The summed E-state index contributed by atoms with van der Waals surface area (Å²) >= 11 is 0. The number of carbonyl (C=O) groups is 1. The van der Waals surface area contributed by atoms with Crippen LogP contribution in [0.3, 0.4) is 0 Å². The minimum Gasteiger partial charge on any atom is -0.457 e. The van der Waals surface area contributed by atoms with Crippen LogP contribution < -0.4 is 0 Å². The fourth-order valence-electron chi connectivity index (χ4n) is 1.71.